The number of nitrogens with zero attached hydrogens (tertiary/aromatic N) is 6. The molecule has 2 aliphatic rings. The van der Waals surface area contributed by atoms with Gasteiger partial charge >= 0.3 is 0 Å². The Morgan fingerprint density at radius 1 is 1.24 bits per heavy atom. The summed E-state index contributed by atoms with van der Waals surface area (Å²) in [4.78, 5) is 26.4. The van der Waals surface area contributed by atoms with Crippen molar-refractivity contribution in [2.24, 2.45) is 7.05 Å². The van der Waals surface area contributed by atoms with E-state index in [4.69, 9.17) is 4.98 Å². The van der Waals surface area contributed by atoms with Gasteiger partial charge in [-0.05, 0) is 47.7 Å². The summed E-state index contributed by atoms with van der Waals surface area (Å²) in [5.74, 6) is 1.10. The maximum absolute atomic E-state index is 13.1. The van der Waals surface area contributed by atoms with Crippen molar-refractivity contribution < 1.29 is 4.79 Å². The van der Waals surface area contributed by atoms with Crippen LogP contribution in [0.4, 0.5) is 0 Å². The zero-order valence-electron chi connectivity index (χ0n) is 18.8. The molecule has 5 rings (SSSR count). The topological polar surface area (TPSA) is 112 Å². The molecule has 33 heavy (non-hydrogen) atoms. The van der Waals surface area contributed by atoms with Gasteiger partial charge in [-0.3, -0.25) is 4.79 Å². The van der Waals surface area contributed by atoms with E-state index >= 15 is 0 Å². The number of carbonyl (C=O) groups excluding carboxylic acids is 1. The normalized spacial score (nSPS) is 16.3. The third-order valence-electron chi connectivity index (χ3n) is 6.45. The second-order valence-electron chi connectivity index (χ2n) is 8.72. The van der Waals surface area contributed by atoms with Gasteiger partial charge in [0.05, 0.1) is 11.6 Å². The van der Waals surface area contributed by atoms with E-state index in [0.717, 1.165) is 35.4 Å². The molecule has 1 fully saturated rings. The molecule has 1 aliphatic carbocycles. The average molecular weight is 443 g/mol. The molecule has 1 amide bonds. The number of nitrogens with one attached hydrogen (secondary N) is 2. The van der Waals surface area contributed by atoms with E-state index in [-0.39, 0.29) is 12.5 Å². The van der Waals surface area contributed by atoms with E-state index in [9.17, 15) is 10.1 Å². The molecule has 3 heterocycles. The van der Waals surface area contributed by atoms with Gasteiger partial charge in [0.2, 0.25) is 0 Å². The van der Waals surface area contributed by atoms with E-state index in [1.807, 2.05) is 42.0 Å². The van der Waals surface area contributed by atoms with Crippen molar-refractivity contribution in [1.29, 1.82) is 5.26 Å². The van der Waals surface area contributed by atoms with Gasteiger partial charge in [-0.15, -0.1) is 0 Å². The molecule has 9 nitrogen and oxygen atoms in total. The van der Waals surface area contributed by atoms with E-state index in [1.54, 1.807) is 6.07 Å². The number of hydrazine groups is 1. The van der Waals surface area contributed by atoms with Crippen LogP contribution in [0, 0.1) is 11.3 Å². The predicted octanol–water partition coefficient (Wildman–Crippen LogP) is 2.61. The third-order valence-corrected chi connectivity index (χ3v) is 6.45. The Balaban J connectivity index is 1.39. The summed E-state index contributed by atoms with van der Waals surface area (Å²) in [6.45, 7) is 0.983. The first kappa shape index (κ1) is 21.1. The number of aryl methyl sites for hydroxylation is 1. The molecule has 0 spiro atoms. The molecule has 0 bridgehead atoms. The van der Waals surface area contributed by atoms with Crippen molar-refractivity contribution in [2.75, 3.05) is 13.6 Å². The van der Waals surface area contributed by atoms with Crippen LogP contribution in [-0.4, -0.2) is 44.0 Å². The fourth-order valence-corrected chi connectivity index (χ4v) is 4.80. The summed E-state index contributed by atoms with van der Waals surface area (Å²) in [5.41, 5.74) is 8.21. The molecule has 1 aromatic carbocycles. The maximum atomic E-state index is 13.1. The quantitative estimate of drug-likeness (QED) is 0.625. The molecule has 0 saturated heterocycles. The Hall–Kier alpha value is -3.77. The molecule has 0 atom stereocenters. The minimum Gasteiger partial charge on any atom is -0.347 e. The number of fused-ring (bicyclic) bond motifs is 1. The zero-order chi connectivity index (χ0) is 22.9. The van der Waals surface area contributed by atoms with E-state index in [2.05, 4.69) is 26.8 Å². The first-order chi connectivity index (χ1) is 16.0. The third kappa shape index (κ3) is 4.05. The van der Waals surface area contributed by atoms with Gasteiger partial charge in [0.25, 0.3) is 5.91 Å². The second-order valence-corrected chi connectivity index (χ2v) is 8.72. The van der Waals surface area contributed by atoms with Gasteiger partial charge in [-0.25, -0.2) is 20.4 Å². The van der Waals surface area contributed by atoms with Crippen LogP contribution in [0.2, 0.25) is 0 Å². The van der Waals surface area contributed by atoms with Crippen LogP contribution in [0.3, 0.4) is 0 Å². The lowest BCUT2D eigenvalue weighted by molar-refractivity contribution is 0.0947. The zero-order valence-corrected chi connectivity index (χ0v) is 18.8. The van der Waals surface area contributed by atoms with E-state index in [0.29, 0.717) is 34.9 Å². The van der Waals surface area contributed by atoms with Crippen molar-refractivity contribution in [2.45, 2.75) is 38.1 Å². The lowest BCUT2D eigenvalue weighted by atomic mass is 10.0. The molecular formula is C24H26N8O. The largest absolute Gasteiger partial charge is 0.347 e. The molecule has 2 aromatic heterocycles. The van der Waals surface area contributed by atoms with Crippen molar-refractivity contribution in [3.05, 3.63) is 58.9 Å². The van der Waals surface area contributed by atoms with Crippen LogP contribution in [0.1, 0.15) is 64.6 Å². The number of imidazole rings is 1. The van der Waals surface area contributed by atoms with E-state index < -0.39 is 0 Å². The molecule has 0 radical (unpaired) electrons. The highest BCUT2D eigenvalue weighted by Gasteiger charge is 2.25. The highest BCUT2D eigenvalue weighted by Crippen LogP contribution is 2.34. The smallest absolute Gasteiger partial charge is 0.272 e. The monoisotopic (exact) mass is 442 g/mol. The molecule has 0 unspecified atom stereocenters. The minimum absolute atomic E-state index is 0.284. The standard InChI is InChI=1S/C24H26N8O/c1-31-13-19(12-29-31)18-8-15(10-25)7-16(9-18)11-26-24(33)20-21-22(28-14-27-20)30-23(32(21)2)17-5-3-4-6-17/h7-9,13-14,17,29H,3-6,11-12H2,1-2H3,(H,26,33). The molecule has 1 saturated carbocycles. The molecular weight excluding hydrogens is 416 g/mol. The number of rotatable bonds is 5. The summed E-state index contributed by atoms with van der Waals surface area (Å²) in [6.07, 6.45) is 8.05. The van der Waals surface area contributed by atoms with Gasteiger partial charge in [0, 0.05) is 39.3 Å². The lowest BCUT2D eigenvalue weighted by Gasteiger charge is -2.11. The van der Waals surface area contributed by atoms with Gasteiger partial charge in [0.1, 0.15) is 17.7 Å². The molecule has 9 heteroatoms. The maximum Gasteiger partial charge on any atom is 0.272 e. The number of benzene rings is 1. The second kappa shape index (κ2) is 8.64. The first-order valence-electron chi connectivity index (χ1n) is 11.2. The summed E-state index contributed by atoms with van der Waals surface area (Å²) in [6, 6.07) is 7.89. The number of hydrogen-bond acceptors (Lipinski definition) is 7. The molecule has 1 aliphatic heterocycles. The number of carbonyl (C=O) groups is 1. The minimum atomic E-state index is -0.284. The Morgan fingerprint density at radius 2 is 2.06 bits per heavy atom. The Kier molecular flexibility index (Phi) is 5.52. The fourth-order valence-electron chi connectivity index (χ4n) is 4.80. The van der Waals surface area contributed by atoms with Gasteiger partial charge < -0.3 is 14.9 Å². The number of hydrogen-bond donors (Lipinski definition) is 2. The predicted molar refractivity (Wildman–Crippen MR) is 124 cm³/mol. The Bertz CT molecular complexity index is 1300. The molecule has 2 N–H and O–H groups in total. The van der Waals surface area contributed by atoms with Crippen LogP contribution in [0.25, 0.3) is 16.7 Å². The number of amides is 1. The summed E-state index contributed by atoms with van der Waals surface area (Å²) >= 11 is 0. The molecule has 3 aromatic rings. The first-order valence-corrected chi connectivity index (χ1v) is 11.2. The van der Waals surface area contributed by atoms with E-state index in [1.165, 1.54) is 19.2 Å². The van der Waals surface area contributed by atoms with Crippen molar-refractivity contribution in [1.82, 2.24) is 35.3 Å². The van der Waals surface area contributed by atoms with Crippen molar-refractivity contribution >= 4 is 22.6 Å². The SMILES string of the molecule is CN1C=C(c2cc(C#N)cc(CNC(=O)c3ncnc4nc(C5CCCC5)n(C)c34)c2)CN1. The van der Waals surface area contributed by atoms with Crippen LogP contribution in [0.15, 0.2) is 30.7 Å². The Morgan fingerprint density at radius 3 is 2.79 bits per heavy atom. The highest BCUT2D eigenvalue weighted by atomic mass is 16.1. The summed E-state index contributed by atoms with van der Waals surface area (Å²) < 4.78 is 1.98. The lowest BCUT2D eigenvalue weighted by Crippen LogP contribution is -2.25. The van der Waals surface area contributed by atoms with Gasteiger partial charge in [-0.1, -0.05) is 12.8 Å². The van der Waals surface area contributed by atoms with Crippen molar-refractivity contribution in [3.63, 3.8) is 0 Å². The van der Waals surface area contributed by atoms with Gasteiger partial charge in [0.15, 0.2) is 11.3 Å². The summed E-state index contributed by atoms with van der Waals surface area (Å²) in [5, 5.41) is 14.3. The van der Waals surface area contributed by atoms with Crippen LogP contribution in [0.5, 0.6) is 0 Å². The van der Waals surface area contributed by atoms with Crippen LogP contribution >= 0.6 is 0 Å². The fraction of sp³-hybridized carbons (Fsp3) is 0.375. The number of nitriles is 1. The Labute approximate surface area is 192 Å². The number of aromatic nitrogens is 4. The van der Waals surface area contributed by atoms with Crippen LogP contribution < -0.4 is 10.7 Å². The summed E-state index contributed by atoms with van der Waals surface area (Å²) in [7, 11) is 3.87. The van der Waals surface area contributed by atoms with Crippen LogP contribution in [-0.2, 0) is 13.6 Å². The van der Waals surface area contributed by atoms with Gasteiger partial charge in [-0.2, -0.15) is 5.26 Å². The highest BCUT2D eigenvalue weighted by molar-refractivity contribution is 6.02. The van der Waals surface area contributed by atoms with Crippen molar-refractivity contribution in [3.8, 4) is 6.07 Å². The average Bonchev–Trinajstić information content (AvgIpc) is 3.58. The molecule has 168 valence electrons.